The van der Waals surface area contributed by atoms with Crippen molar-refractivity contribution in [3.05, 3.63) is 93.3 Å². The summed E-state index contributed by atoms with van der Waals surface area (Å²) in [6.07, 6.45) is 0.0129. The molecule has 0 amide bonds. The second-order valence-electron chi connectivity index (χ2n) is 7.92. The number of hydrogen-bond donors (Lipinski definition) is 2. The number of dihydropyridines is 1. The quantitative estimate of drug-likeness (QED) is 0.477. The maximum absolute atomic E-state index is 13.3. The first-order valence-corrected chi connectivity index (χ1v) is 11.8. The normalized spacial score (nSPS) is 16.7. The van der Waals surface area contributed by atoms with E-state index < -0.39 is 24.0 Å². The highest BCUT2D eigenvalue weighted by atomic mass is 35.5. The van der Waals surface area contributed by atoms with E-state index in [1.165, 1.54) is 0 Å². The molecule has 1 aliphatic rings. The van der Waals surface area contributed by atoms with E-state index in [0.29, 0.717) is 46.0 Å². The maximum atomic E-state index is 13.3. The number of esters is 2. The molecule has 1 heterocycles. The molecule has 0 aliphatic carbocycles. The zero-order chi connectivity index (χ0) is 24.7. The van der Waals surface area contributed by atoms with Crippen LogP contribution in [0.5, 0.6) is 0 Å². The first-order chi connectivity index (χ1) is 16.4. The van der Waals surface area contributed by atoms with E-state index in [0.717, 1.165) is 5.56 Å². The third-order valence-electron chi connectivity index (χ3n) is 5.70. The van der Waals surface area contributed by atoms with Gasteiger partial charge in [-0.05, 0) is 50.8 Å². The van der Waals surface area contributed by atoms with Gasteiger partial charge in [0.2, 0.25) is 0 Å². The highest BCUT2D eigenvalue weighted by Gasteiger charge is 2.39. The number of carbonyl (C=O) groups is 2. The summed E-state index contributed by atoms with van der Waals surface area (Å²) in [5.74, 6) is -1.84. The average Bonchev–Trinajstić information content (AvgIpc) is 2.83. The third kappa shape index (κ3) is 5.69. The summed E-state index contributed by atoms with van der Waals surface area (Å²) in [6, 6.07) is 16.5. The fraction of sp³-hybridized carbons (Fsp3) is 0.333. The fourth-order valence-corrected chi connectivity index (χ4v) is 4.41. The van der Waals surface area contributed by atoms with E-state index in [1.807, 2.05) is 36.4 Å². The van der Waals surface area contributed by atoms with Crippen molar-refractivity contribution < 1.29 is 24.2 Å². The van der Waals surface area contributed by atoms with Crippen LogP contribution in [-0.4, -0.2) is 30.3 Å². The van der Waals surface area contributed by atoms with Gasteiger partial charge in [0.05, 0.1) is 36.4 Å². The molecule has 2 unspecified atom stereocenters. The molecule has 2 aromatic carbocycles. The summed E-state index contributed by atoms with van der Waals surface area (Å²) in [7, 11) is 0. The molecule has 0 spiro atoms. The molecule has 2 N–H and O–H groups in total. The van der Waals surface area contributed by atoms with E-state index in [9.17, 15) is 14.7 Å². The van der Waals surface area contributed by atoms with Crippen LogP contribution in [0.2, 0.25) is 5.02 Å². The molecule has 0 saturated carbocycles. The van der Waals surface area contributed by atoms with Crippen LogP contribution in [0.1, 0.15) is 56.8 Å². The van der Waals surface area contributed by atoms with E-state index in [2.05, 4.69) is 5.32 Å². The van der Waals surface area contributed by atoms with Gasteiger partial charge in [0, 0.05) is 16.4 Å². The van der Waals surface area contributed by atoms with Crippen molar-refractivity contribution >= 4 is 23.5 Å². The third-order valence-corrected chi connectivity index (χ3v) is 6.05. The van der Waals surface area contributed by atoms with Gasteiger partial charge in [-0.15, -0.1) is 0 Å². The maximum Gasteiger partial charge on any atom is 0.336 e. The minimum Gasteiger partial charge on any atom is -0.463 e. The van der Waals surface area contributed by atoms with Gasteiger partial charge in [0.1, 0.15) is 0 Å². The second kappa shape index (κ2) is 11.9. The molecule has 0 saturated heterocycles. The Morgan fingerprint density at radius 3 is 2.18 bits per heavy atom. The molecule has 0 radical (unpaired) electrons. The molecular formula is C27H30ClNO5. The summed E-state index contributed by atoms with van der Waals surface area (Å²) in [5, 5.41) is 14.4. The molecule has 1 aliphatic heterocycles. The highest BCUT2D eigenvalue weighted by Crippen LogP contribution is 2.43. The van der Waals surface area contributed by atoms with Gasteiger partial charge in [-0.25, -0.2) is 9.59 Å². The summed E-state index contributed by atoms with van der Waals surface area (Å²) in [5.41, 5.74) is 3.16. The van der Waals surface area contributed by atoms with E-state index in [4.69, 9.17) is 21.1 Å². The van der Waals surface area contributed by atoms with Crippen molar-refractivity contribution in [1.82, 2.24) is 5.32 Å². The van der Waals surface area contributed by atoms with Gasteiger partial charge in [-0.2, -0.15) is 0 Å². The second-order valence-corrected chi connectivity index (χ2v) is 8.32. The molecule has 2 atom stereocenters. The number of allylic oxidation sites excluding steroid dienone is 2. The Bertz CT molecular complexity index is 1090. The predicted molar refractivity (Wildman–Crippen MR) is 131 cm³/mol. The molecule has 3 rings (SSSR count). The number of benzene rings is 2. The largest absolute Gasteiger partial charge is 0.463 e. The van der Waals surface area contributed by atoms with Gasteiger partial charge >= 0.3 is 11.9 Å². The Labute approximate surface area is 205 Å². The first-order valence-electron chi connectivity index (χ1n) is 11.4. The molecule has 0 fully saturated rings. The van der Waals surface area contributed by atoms with E-state index in [-0.39, 0.29) is 13.2 Å². The van der Waals surface area contributed by atoms with Gasteiger partial charge in [-0.1, -0.05) is 60.1 Å². The van der Waals surface area contributed by atoms with Crippen LogP contribution >= 0.6 is 11.6 Å². The molecule has 0 aromatic heterocycles. The number of rotatable bonds is 9. The van der Waals surface area contributed by atoms with Crippen molar-refractivity contribution in [2.24, 2.45) is 0 Å². The van der Waals surface area contributed by atoms with Gasteiger partial charge < -0.3 is 19.9 Å². The Morgan fingerprint density at radius 1 is 0.971 bits per heavy atom. The number of hydrogen-bond acceptors (Lipinski definition) is 6. The van der Waals surface area contributed by atoms with Crippen molar-refractivity contribution in [3.63, 3.8) is 0 Å². The predicted octanol–water partition coefficient (Wildman–Crippen LogP) is 5.19. The van der Waals surface area contributed by atoms with Crippen LogP contribution in [0, 0.1) is 0 Å². The van der Waals surface area contributed by atoms with Crippen LogP contribution in [0.3, 0.4) is 0 Å². The smallest absolute Gasteiger partial charge is 0.336 e. The number of halogens is 1. The highest BCUT2D eigenvalue weighted by molar-refractivity contribution is 6.31. The molecule has 0 bridgehead atoms. The summed E-state index contributed by atoms with van der Waals surface area (Å²) < 4.78 is 10.7. The Morgan fingerprint density at radius 2 is 1.56 bits per heavy atom. The fourth-order valence-electron chi connectivity index (χ4n) is 4.17. The van der Waals surface area contributed by atoms with Crippen LogP contribution < -0.4 is 5.32 Å². The zero-order valence-electron chi connectivity index (χ0n) is 19.6. The van der Waals surface area contributed by atoms with Crippen LogP contribution in [0.4, 0.5) is 0 Å². The lowest BCUT2D eigenvalue weighted by molar-refractivity contribution is -0.139. The van der Waals surface area contributed by atoms with Crippen molar-refractivity contribution in [2.75, 3.05) is 13.2 Å². The topological polar surface area (TPSA) is 84.9 Å². The van der Waals surface area contributed by atoms with E-state index in [1.54, 1.807) is 39.0 Å². The Balaban J connectivity index is 2.09. The summed E-state index contributed by atoms with van der Waals surface area (Å²) in [4.78, 5) is 26.3. The standard InChI is InChI=1S/C27H30ClNO5/c1-4-33-26(31)23-17(3)29-21(15-16-22(30)18-11-7-6-8-12-18)25(27(32)34-5-2)24(23)19-13-9-10-14-20(19)28/h6-14,22,24,29-30H,4-5,15-16H2,1-3H3. The molecule has 2 aromatic rings. The van der Waals surface area contributed by atoms with Crippen LogP contribution in [-0.2, 0) is 19.1 Å². The minimum atomic E-state index is -0.767. The molecular weight excluding hydrogens is 454 g/mol. The van der Waals surface area contributed by atoms with Crippen LogP contribution in [0.15, 0.2) is 77.1 Å². The Kier molecular flexibility index (Phi) is 8.91. The van der Waals surface area contributed by atoms with Crippen molar-refractivity contribution in [1.29, 1.82) is 0 Å². The summed E-state index contributed by atoms with van der Waals surface area (Å²) >= 11 is 6.54. The van der Waals surface area contributed by atoms with E-state index >= 15 is 0 Å². The number of aliphatic hydroxyl groups excluding tert-OH is 1. The van der Waals surface area contributed by atoms with Gasteiger partial charge in [-0.3, -0.25) is 0 Å². The average molecular weight is 484 g/mol. The van der Waals surface area contributed by atoms with Gasteiger partial charge in [0.25, 0.3) is 0 Å². The molecule has 180 valence electrons. The molecule has 7 heteroatoms. The lowest BCUT2D eigenvalue weighted by atomic mass is 9.79. The summed E-state index contributed by atoms with van der Waals surface area (Å²) in [6.45, 7) is 5.60. The number of ether oxygens (including phenoxy) is 2. The Hall–Kier alpha value is -3.09. The van der Waals surface area contributed by atoms with Crippen molar-refractivity contribution in [2.45, 2.75) is 45.6 Å². The SMILES string of the molecule is CCOC(=O)C1=C(C)NC(CCC(O)c2ccccc2)=C(C(=O)OCC)C1c1ccccc1Cl. The lowest BCUT2D eigenvalue weighted by Gasteiger charge is -2.32. The van der Waals surface area contributed by atoms with Crippen molar-refractivity contribution in [3.8, 4) is 0 Å². The number of aliphatic hydroxyl groups is 1. The zero-order valence-corrected chi connectivity index (χ0v) is 20.4. The number of carbonyl (C=O) groups excluding carboxylic acids is 2. The molecule has 6 nitrogen and oxygen atoms in total. The van der Waals surface area contributed by atoms with Gasteiger partial charge in [0.15, 0.2) is 0 Å². The minimum absolute atomic E-state index is 0.176. The molecule has 34 heavy (non-hydrogen) atoms. The number of nitrogens with one attached hydrogen (secondary N) is 1. The van der Waals surface area contributed by atoms with Crippen LogP contribution in [0.25, 0.3) is 0 Å². The lowest BCUT2D eigenvalue weighted by Crippen LogP contribution is -2.33. The first kappa shape index (κ1) is 25.5. The monoisotopic (exact) mass is 483 g/mol.